The summed E-state index contributed by atoms with van der Waals surface area (Å²) in [5.74, 6) is 0.753. The molecule has 7 nitrogen and oxygen atoms in total. The predicted octanol–water partition coefficient (Wildman–Crippen LogP) is 3.82. The Morgan fingerprint density at radius 2 is 1.86 bits per heavy atom. The number of amides is 2. The Balaban J connectivity index is 0.00000420. The van der Waals surface area contributed by atoms with E-state index in [4.69, 9.17) is 0 Å². The van der Waals surface area contributed by atoms with Crippen molar-refractivity contribution < 1.29 is 4.79 Å². The molecule has 1 heterocycles. The number of thiazole rings is 1. The van der Waals surface area contributed by atoms with Crippen LogP contribution in [0, 0.1) is 13.8 Å². The molecule has 0 fully saturated rings. The lowest BCUT2D eigenvalue weighted by molar-refractivity contribution is 0.250. The molecule has 29 heavy (non-hydrogen) atoms. The lowest BCUT2D eigenvalue weighted by Gasteiger charge is -2.12. The highest BCUT2D eigenvalue weighted by Crippen LogP contribution is 2.16. The molecule has 0 aliphatic rings. The highest BCUT2D eigenvalue weighted by molar-refractivity contribution is 14.0. The molecule has 0 unspecified atom stereocenters. The number of hydrogen-bond donors (Lipinski definition) is 4. The van der Waals surface area contributed by atoms with Gasteiger partial charge in [-0.2, -0.15) is 0 Å². The summed E-state index contributed by atoms with van der Waals surface area (Å²) in [4.78, 5) is 21.8. The molecule has 2 rings (SSSR count). The van der Waals surface area contributed by atoms with Gasteiger partial charge in [-0.3, -0.25) is 4.99 Å². The summed E-state index contributed by atoms with van der Waals surface area (Å²) < 4.78 is 0. The highest BCUT2D eigenvalue weighted by atomic mass is 127. The number of carbonyl (C=O) groups is 1. The van der Waals surface area contributed by atoms with E-state index in [0.29, 0.717) is 6.54 Å². The van der Waals surface area contributed by atoms with Crippen LogP contribution in [0.4, 0.5) is 10.5 Å². The molecule has 0 aliphatic heterocycles. The topological polar surface area (TPSA) is 90.4 Å². The molecule has 9 heteroatoms. The minimum absolute atomic E-state index is 0. The predicted molar refractivity (Wildman–Crippen MR) is 133 cm³/mol. The zero-order chi connectivity index (χ0) is 20.5. The van der Waals surface area contributed by atoms with Crippen LogP contribution < -0.4 is 21.3 Å². The normalized spacial score (nSPS) is 11.0. The summed E-state index contributed by atoms with van der Waals surface area (Å²) in [6.45, 7) is 9.42. The summed E-state index contributed by atoms with van der Waals surface area (Å²) in [5.41, 5.74) is 2.98. The zero-order valence-electron chi connectivity index (χ0n) is 17.6. The number of nitrogens with one attached hydrogen (secondary N) is 4. The molecule has 0 saturated carbocycles. The van der Waals surface area contributed by atoms with E-state index < -0.39 is 0 Å². The minimum Gasteiger partial charge on any atom is -0.356 e. The third-order valence-electron chi connectivity index (χ3n) is 4.02. The second-order valence-corrected chi connectivity index (χ2v) is 8.09. The van der Waals surface area contributed by atoms with E-state index in [1.165, 1.54) is 4.88 Å². The third-order valence-corrected chi connectivity index (χ3v) is 5.15. The molecular weight excluding hydrogens is 499 g/mol. The Morgan fingerprint density at radius 3 is 2.41 bits per heavy atom. The standard InChI is InChI=1S/C20H30N6OS.HI/c1-13(2)24-20(27)26-17-8-6-16(7-9-17)12-23-19(21-5)22-11-10-18-25-14(3)15(4)28-18;/h6-9,13H,10-12H2,1-5H3,(H2,21,22,23)(H2,24,26,27);1H. The summed E-state index contributed by atoms with van der Waals surface area (Å²) in [5, 5.41) is 13.4. The number of urea groups is 1. The number of aromatic nitrogens is 1. The van der Waals surface area contributed by atoms with Gasteiger partial charge in [0.1, 0.15) is 0 Å². The maximum atomic E-state index is 11.7. The molecule has 160 valence electrons. The Kier molecular flexibility index (Phi) is 11.0. The van der Waals surface area contributed by atoms with Crippen LogP contribution in [-0.4, -0.2) is 36.6 Å². The fourth-order valence-electron chi connectivity index (χ4n) is 2.48. The van der Waals surface area contributed by atoms with Crippen molar-refractivity contribution in [3.8, 4) is 0 Å². The monoisotopic (exact) mass is 530 g/mol. The number of anilines is 1. The lowest BCUT2D eigenvalue weighted by atomic mass is 10.2. The number of aliphatic imine (C=N–C) groups is 1. The van der Waals surface area contributed by atoms with Gasteiger partial charge in [0.25, 0.3) is 0 Å². The second-order valence-electron chi connectivity index (χ2n) is 6.80. The van der Waals surface area contributed by atoms with E-state index in [0.717, 1.165) is 40.9 Å². The van der Waals surface area contributed by atoms with Crippen LogP contribution in [-0.2, 0) is 13.0 Å². The van der Waals surface area contributed by atoms with E-state index >= 15 is 0 Å². The van der Waals surface area contributed by atoms with Crippen LogP contribution in [0.25, 0.3) is 0 Å². The molecule has 4 N–H and O–H groups in total. The van der Waals surface area contributed by atoms with Gasteiger partial charge in [-0.25, -0.2) is 9.78 Å². The summed E-state index contributed by atoms with van der Waals surface area (Å²) in [6.07, 6.45) is 0.874. The summed E-state index contributed by atoms with van der Waals surface area (Å²) >= 11 is 1.75. The van der Waals surface area contributed by atoms with E-state index in [2.05, 4.69) is 38.2 Å². The van der Waals surface area contributed by atoms with Crippen LogP contribution in [0.15, 0.2) is 29.3 Å². The van der Waals surface area contributed by atoms with Gasteiger partial charge >= 0.3 is 6.03 Å². The zero-order valence-corrected chi connectivity index (χ0v) is 20.8. The fourth-order valence-corrected chi connectivity index (χ4v) is 3.41. The highest BCUT2D eigenvalue weighted by Gasteiger charge is 2.05. The van der Waals surface area contributed by atoms with Crippen molar-refractivity contribution in [1.82, 2.24) is 20.9 Å². The molecule has 0 saturated heterocycles. The minimum atomic E-state index is -0.198. The average Bonchev–Trinajstić information content (AvgIpc) is 2.96. The van der Waals surface area contributed by atoms with Crippen molar-refractivity contribution >= 4 is 53.0 Å². The van der Waals surface area contributed by atoms with E-state index in [1.807, 2.05) is 45.0 Å². The van der Waals surface area contributed by atoms with Crippen molar-refractivity contribution in [1.29, 1.82) is 0 Å². The van der Waals surface area contributed by atoms with Gasteiger partial charge in [-0.15, -0.1) is 35.3 Å². The van der Waals surface area contributed by atoms with Gasteiger partial charge < -0.3 is 21.3 Å². The van der Waals surface area contributed by atoms with Crippen LogP contribution in [0.5, 0.6) is 0 Å². The number of hydrogen-bond acceptors (Lipinski definition) is 4. The molecule has 1 aromatic heterocycles. The first-order chi connectivity index (χ1) is 13.4. The van der Waals surface area contributed by atoms with Crippen LogP contribution in [0.2, 0.25) is 0 Å². The molecule has 1 aromatic carbocycles. The molecule has 2 amide bonds. The van der Waals surface area contributed by atoms with Crippen LogP contribution >= 0.6 is 35.3 Å². The van der Waals surface area contributed by atoms with Crippen molar-refractivity contribution in [3.05, 3.63) is 45.4 Å². The van der Waals surface area contributed by atoms with Crippen molar-refractivity contribution in [2.45, 2.75) is 46.7 Å². The van der Waals surface area contributed by atoms with Gasteiger partial charge in [-0.1, -0.05) is 12.1 Å². The number of carbonyl (C=O) groups excluding carboxylic acids is 1. The Bertz CT molecular complexity index is 784. The van der Waals surface area contributed by atoms with Gasteiger partial charge in [0.15, 0.2) is 5.96 Å². The molecule has 2 aromatic rings. The van der Waals surface area contributed by atoms with E-state index in [9.17, 15) is 4.79 Å². The number of guanidine groups is 1. The Hall–Kier alpha value is -1.88. The van der Waals surface area contributed by atoms with E-state index in [1.54, 1.807) is 18.4 Å². The summed E-state index contributed by atoms with van der Waals surface area (Å²) in [7, 11) is 1.76. The van der Waals surface area contributed by atoms with Crippen molar-refractivity contribution in [3.63, 3.8) is 0 Å². The number of aryl methyl sites for hydroxylation is 2. The molecular formula is C20H31IN6OS. The number of nitrogens with zero attached hydrogens (tertiary/aromatic N) is 2. The smallest absolute Gasteiger partial charge is 0.319 e. The number of halogens is 1. The second kappa shape index (κ2) is 12.6. The molecule has 0 bridgehead atoms. The quantitative estimate of drug-likeness (QED) is 0.249. The van der Waals surface area contributed by atoms with Gasteiger partial charge in [-0.05, 0) is 45.4 Å². The fraction of sp³-hybridized carbons (Fsp3) is 0.450. The van der Waals surface area contributed by atoms with Gasteiger partial charge in [0.2, 0.25) is 0 Å². The number of benzene rings is 1. The SMILES string of the molecule is CN=C(NCCc1nc(C)c(C)s1)NCc1ccc(NC(=O)NC(C)C)cc1.I. The van der Waals surface area contributed by atoms with Gasteiger partial charge in [0.05, 0.1) is 10.7 Å². The van der Waals surface area contributed by atoms with Gasteiger partial charge in [0, 0.05) is 43.2 Å². The summed E-state index contributed by atoms with van der Waals surface area (Å²) in [6, 6.07) is 7.64. The maximum absolute atomic E-state index is 11.7. The molecule has 0 radical (unpaired) electrons. The van der Waals surface area contributed by atoms with Crippen molar-refractivity contribution in [2.24, 2.45) is 4.99 Å². The first kappa shape index (κ1) is 25.2. The largest absolute Gasteiger partial charge is 0.356 e. The molecule has 0 aliphatic carbocycles. The Labute approximate surface area is 194 Å². The van der Waals surface area contributed by atoms with Crippen LogP contribution in [0.1, 0.15) is 35.0 Å². The van der Waals surface area contributed by atoms with E-state index in [-0.39, 0.29) is 36.0 Å². The Morgan fingerprint density at radius 1 is 1.17 bits per heavy atom. The van der Waals surface area contributed by atoms with Crippen molar-refractivity contribution in [2.75, 3.05) is 18.9 Å². The average molecular weight is 530 g/mol. The first-order valence-corrected chi connectivity index (χ1v) is 10.2. The maximum Gasteiger partial charge on any atom is 0.319 e. The first-order valence-electron chi connectivity index (χ1n) is 9.41. The number of rotatable bonds is 7. The van der Waals surface area contributed by atoms with Crippen LogP contribution in [0.3, 0.4) is 0 Å². The molecule has 0 spiro atoms. The lowest BCUT2D eigenvalue weighted by Crippen LogP contribution is -2.37. The molecule has 0 atom stereocenters. The third kappa shape index (κ3) is 8.99.